The van der Waals surface area contributed by atoms with E-state index in [2.05, 4.69) is 25.2 Å². The van der Waals surface area contributed by atoms with E-state index in [1.165, 1.54) is 38.5 Å². The second-order valence-electron chi connectivity index (χ2n) is 5.87. The first-order valence-electron chi connectivity index (χ1n) is 8.29. The van der Waals surface area contributed by atoms with E-state index in [4.69, 9.17) is 0 Å². The van der Waals surface area contributed by atoms with Crippen molar-refractivity contribution in [3.8, 4) is 0 Å². The minimum atomic E-state index is 0. The zero-order valence-corrected chi connectivity index (χ0v) is 16.0. The lowest BCUT2D eigenvalue weighted by atomic mass is 10.0. The molecule has 0 atom stereocenters. The van der Waals surface area contributed by atoms with Crippen LogP contribution in [0.25, 0.3) is 0 Å². The average Bonchev–Trinajstić information content (AvgIpc) is 3.19. The molecule has 0 spiro atoms. The number of nitrogens with zero attached hydrogens (tertiary/aromatic N) is 3. The predicted octanol–water partition coefficient (Wildman–Crippen LogP) is 3.03. The molecule has 0 aliphatic heterocycles. The lowest BCUT2D eigenvalue weighted by molar-refractivity contribution is 0.481. The SMILES string of the molecule is CN=C(NCCCC1CCCC1)NCCCn1ccnc1.I. The molecule has 1 aromatic rings. The fourth-order valence-electron chi connectivity index (χ4n) is 3.00. The summed E-state index contributed by atoms with van der Waals surface area (Å²) in [6, 6.07) is 0. The average molecular weight is 419 g/mol. The summed E-state index contributed by atoms with van der Waals surface area (Å²) in [4.78, 5) is 8.31. The van der Waals surface area contributed by atoms with E-state index in [-0.39, 0.29) is 24.0 Å². The topological polar surface area (TPSA) is 54.2 Å². The Kier molecular flexibility index (Phi) is 10.3. The number of aliphatic imine (C=N–C) groups is 1. The zero-order valence-electron chi connectivity index (χ0n) is 13.6. The first kappa shape index (κ1) is 19.3. The van der Waals surface area contributed by atoms with Gasteiger partial charge in [-0.15, -0.1) is 24.0 Å². The molecule has 6 heteroatoms. The van der Waals surface area contributed by atoms with E-state index < -0.39 is 0 Å². The molecule has 1 fully saturated rings. The molecule has 0 saturated heterocycles. The molecule has 2 rings (SSSR count). The van der Waals surface area contributed by atoms with Crippen LogP contribution in [0, 0.1) is 5.92 Å². The van der Waals surface area contributed by atoms with Crippen molar-refractivity contribution in [1.82, 2.24) is 20.2 Å². The molecule has 1 saturated carbocycles. The molecule has 0 unspecified atom stereocenters. The van der Waals surface area contributed by atoms with Crippen LogP contribution in [0.15, 0.2) is 23.7 Å². The van der Waals surface area contributed by atoms with Gasteiger partial charge >= 0.3 is 0 Å². The molecule has 126 valence electrons. The summed E-state index contributed by atoms with van der Waals surface area (Å²) in [5, 5.41) is 6.77. The van der Waals surface area contributed by atoms with Gasteiger partial charge in [0.2, 0.25) is 0 Å². The molecule has 0 aromatic carbocycles. The molecule has 2 N–H and O–H groups in total. The van der Waals surface area contributed by atoms with Gasteiger partial charge in [0, 0.05) is 39.1 Å². The van der Waals surface area contributed by atoms with Crippen molar-refractivity contribution in [2.75, 3.05) is 20.1 Å². The molecule has 1 heterocycles. The van der Waals surface area contributed by atoms with Crippen LogP contribution in [0.2, 0.25) is 0 Å². The number of hydrogen-bond acceptors (Lipinski definition) is 2. The van der Waals surface area contributed by atoms with Gasteiger partial charge in [-0.2, -0.15) is 0 Å². The summed E-state index contributed by atoms with van der Waals surface area (Å²) in [5.74, 6) is 1.91. The van der Waals surface area contributed by atoms with Crippen LogP contribution in [0.5, 0.6) is 0 Å². The van der Waals surface area contributed by atoms with Crippen molar-refractivity contribution >= 4 is 29.9 Å². The van der Waals surface area contributed by atoms with E-state index in [0.29, 0.717) is 0 Å². The Hall–Kier alpha value is -0.790. The van der Waals surface area contributed by atoms with Crippen LogP contribution in [-0.4, -0.2) is 35.6 Å². The Morgan fingerprint density at radius 3 is 2.59 bits per heavy atom. The highest BCUT2D eigenvalue weighted by Gasteiger charge is 2.13. The van der Waals surface area contributed by atoms with Crippen LogP contribution >= 0.6 is 24.0 Å². The molecular formula is C16H30IN5. The maximum atomic E-state index is 4.27. The van der Waals surface area contributed by atoms with Gasteiger partial charge < -0.3 is 15.2 Å². The summed E-state index contributed by atoms with van der Waals surface area (Å²) < 4.78 is 2.10. The predicted molar refractivity (Wildman–Crippen MR) is 103 cm³/mol. The van der Waals surface area contributed by atoms with Crippen LogP contribution in [-0.2, 0) is 6.54 Å². The highest BCUT2D eigenvalue weighted by molar-refractivity contribution is 14.0. The summed E-state index contributed by atoms with van der Waals surface area (Å²) in [6.07, 6.45) is 15.1. The van der Waals surface area contributed by atoms with Gasteiger partial charge in [0.05, 0.1) is 6.33 Å². The van der Waals surface area contributed by atoms with Crippen molar-refractivity contribution in [3.05, 3.63) is 18.7 Å². The fourth-order valence-corrected chi connectivity index (χ4v) is 3.00. The number of halogens is 1. The quantitative estimate of drug-likeness (QED) is 0.295. The molecule has 1 aliphatic rings. The molecule has 0 bridgehead atoms. The Balaban J connectivity index is 0.00000242. The van der Waals surface area contributed by atoms with Crippen LogP contribution < -0.4 is 10.6 Å². The van der Waals surface area contributed by atoms with Crippen LogP contribution in [0.1, 0.15) is 44.9 Å². The van der Waals surface area contributed by atoms with Crippen molar-refractivity contribution < 1.29 is 0 Å². The Morgan fingerprint density at radius 2 is 1.95 bits per heavy atom. The number of guanidine groups is 1. The molecule has 0 amide bonds. The van der Waals surface area contributed by atoms with Gasteiger partial charge in [0.1, 0.15) is 0 Å². The first-order chi connectivity index (χ1) is 10.4. The third-order valence-corrected chi connectivity index (χ3v) is 4.22. The summed E-state index contributed by atoms with van der Waals surface area (Å²) >= 11 is 0. The second kappa shape index (κ2) is 11.7. The van der Waals surface area contributed by atoms with E-state index in [9.17, 15) is 0 Å². The van der Waals surface area contributed by atoms with Gasteiger partial charge in [0.15, 0.2) is 5.96 Å². The van der Waals surface area contributed by atoms with Crippen molar-refractivity contribution in [3.63, 3.8) is 0 Å². The van der Waals surface area contributed by atoms with Crippen LogP contribution in [0.4, 0.5) is 0 Å². The summed E-state index contributed by atoms with van der Waals surface area (Å²) in [5.41, 5.74) is 0. The summed E-state index contributed by atoms with van der Waals surface area (Å²) in [7, 11) is 1.84. The van der Waals surface area contributed by atoms with Gasteiger partial charge in [-0.25, -0.2) is 4.98 Å². The van der Waals surface area contributed by atoms with Gasteiger partial charge in [-0.1, -0.05) is 25.7 Å². The Bertz CT molecular complexity index is 399. The zero-order chi connectivity index (χ0) is 14.8. The third kappa shape index (κ3) is 7.47. The van der Waals surface area contributed by atoms with Crippen LogP contribution in [0.3, 0.4) is 0 Å². The summed E-state index contributed by atoms with van der Waals surface area (Å²) in [6.45, 7) is 2.95. The lowest BCUT2D eigenvalue weighted by Gasteiger charge is -2.13. The van der Waals surface area contributed by atoms with Crippen molar-refractivity contribution in [2.24, 2.45) is 10.9 Å². The van der Waals surface area contributed by atoms with E-state index in [0.717, 1.165) is 37.9 Å². The smallest absolute Gasteiger partial charge is 0.190 e. The fraction of sp³-hybridized carbons (Fsp3) is 0.750. The first-order valence-corrected chi connectivity index (χ1v) is 8.29. The van der Waals surface area contributed by atoms with Gasteiger partial charge in [-0.05, 0) is 25.2 Å². The number of hydrogen-bond donors (Lipinski definition) is 2. The number of rotatable bonds is 8. The maximum absolute atomic E-state index is 4.27. The molecule has 5 nitrogen and oxygen atoms in total. The van der Waals surface area contributed by atoms with E-state index in [1.807, 2.05) is 25.8 Å². The number of aromatic nitrogens is 2. The Morgan fingerprint density at radius 1 is 1.23 bits per heavy atom. The minimum Gasteiger partial charge on any atom is -0.356 e. The number of aryl methyl sites for hydroxylation is 1. The molecule has 1 aliphatic carbocycles. The number of imidazole rings is 1. The lowest BCUT2D eigenvalue weighted by Crippen LogP contribution is -2.38. The minimum absolute atomic E-state index is 0. The molecule has 1 aromatic heterocycles. The highest BCUT2D eigenvalue weighted by Crippen LogP contribution is 2.28. The normalized spacial score (nSPS) is 15.6. The monoisotopic (exact) mass is 419 g/mol. The largest absolute Gasteiger partial charge is 0.356 e. The Labute approximate surface area is 151 Å². The van der Waals surface area contributed by atoms with Crippen molar-refractivity contribution in [2.45, 2.75) is 51.5 Å². The van der Waals surface area contributed by atoms with E-state index >= 15 is 0 Å². The molecule has 0 radical (unpaired) electrons. The van der Waals surface area contributed by atoms with E-state index in [1.54, 1.807) is 0 Å². The highest BCUT2D eigenvalue weighted by atomic mass is 127. The third-order valence-electron chi connectivity index (χ3n) is 4.22. The molecule has 22 heavy (non-hydrogen) atoms. The van der Waals surface area contributed by atoms with Gasteiger partial charge in [-0.3, -0.25) is 4.99 Å². The number of nitrogens with one attached hydrogen (secondary N) is 2. The van der Waals surface area contributed by atoms with Crippen molar-refractivity contribution in [1.29, 1.82) is 0 Å². The standard InChI is InChI=1S/C16H29N5.HI/c1-17-16(19-9-4-8-15-6-2-3-7-15)20-10-5-12-21-13-11-18-14-21;/h11,13-15H,2-10,12H2,1H3,(H2,17,19,20);1H. The van der Waals surface area contributed by atoms with Gasteiger partial charge in [0.25, 0.3) is 0 Å². The second-order valence-corrected chi connectivity index (χ2v) is 5.87. The molecular weight excluding hydrogens is 389 g/mol. The maximum Gasteiger partial charge on any atom is 0.190 e.